The van der Waals surface area contributed by atoms with Crippen LogP contribution in [0.3, 0.4) is 0 Å². The van der Waals surface area contributed by atoms with Crippen molar-refractivity contribution in [3.63, 3.8) is 0 Å². The molecule has 4 heteroatoms. The van der Waals surface area contributed by atoms with Crippen molar-refractivity contribution in [1.29, 1.82) is 0 Å². The van der Waals surface area contributed by atoms with Crippen LogP contribution < -0.4 is 10.6 Å². The Hall–Kier alpha value is -1.97. The highest BCUT2D eigenvalue weighted by molar-refractivity contribution is 5.54. The predicted molar refractivity (Wildman–Crippen MR) is 76.1 cm³/mol. The van der Waals surface area contributed by atoms with Gasteiger partial charge in [-0.05, 0) is 36.5 Å². The molecular formula is C15H18N4. The maximum atomic E-state index is 6.05. The minimum atomic E-state index is 0.680. The van der Waals surface area contributed by atoms with Crippen LogP contribution >= 0.6 is 0 Å². The quantitative estimate of drug-likeness (QED) is 0.837. The molecule has 0 spiro atoms. The first-order valence-electron chi connectivity index (χ1n) is 6.97. The molecule has 2 aromatic rings. The first-order valence-corrected chi connectivity index (χ1v) is 6.97. The van der Waals surface area contributed by atoms with Gasteiger partial charge in [-0.25, -0.2) is 4.98 Å². The van der Waals surface area contributed by atoms with E-state index in [-0.39, 0.29) is 0 Å². The first-order chi connectivity index (χ1) is 9.33. The summed E-state index contributed by atoms with van der Waals surface area (Å²) in [7, 11) is 0. The molecule has 0 saturated heterocycles. The van der Waals surface area contributed by atoms with Crippen LogP contribution in [0.4, 0.5) is 11.6 Å². The van der Waals surface area contributed by atoms with Crippen molar-refractivity contribution in [2.45, 2.75) is 31.8 Å². The van der Waals surface area contributed by atoms with Gasteiger partial charge < -0.3 is 15.2 Å². The van der Waals surface area contributed by atoms with Gasteiger partial charge in [0.1, 0.15) is 0 Å². The summed E-state index contributed by atoms with van der Waals surface area (Å²) < 4.78 is 2.33. The third-order valence-electron chi connectivity index (χ3n) is 4.17. The second-order valence-electron chi connectivity index (χ2n) is 5.52. The molecule has 4 rings (SSSR count). The monoisotopic (exact) mass is 254 g/mol. The lowest BCUT2D eigenvalue weighted by atomic mass is 9.98. The summed E-state index contributed by atoms with van der Waals surface area (Å²) in [5.74, 6) is 1.12. The highest BCUT2D eigenvalue weighted by atomic mass is 15.3. The number of nitrogens with zero attached hydrogens (tertiary/aromatic N) is 3. The number of rotatable bonds is 2. The minimum absolute atomic E-state index is 0.680. The number of anilines is 2. The van der Waals surface area contributed by atoms with Crippen LogP contribution in [0.2, 0.25) is 0 Å². The molecule has 1 saturated carbocycles. The molecule has 2 heterocycles. The second kappa shape index (κ2) is 4.02. The molecule has 2 aliphatic rings. The Morgan fingerprint density at radius 2 is 2.16 bits per heavy atom. The van der Waals surface area contributed by atoms with Crippen LogP contribution in [0.1, 0.15) is 30.0 Å². The molecule has 98 valence electrons. The Labute approximate surface area is 112 Å². The molecule has 19 heavy (non-hydrogen) atoms. The topological polar surface area (TPSA) is 47.1 Å². The van der Waals surface area contributed by atoms with E-state index in [4.69, 9.17) is 5.73 Å². The van der Waals surface area contributed by atoms with Gasteiger partial charge in [0.2, 0.25) is 5.95 Å². The second-order valence-corrected chi connectivity index (χ2v) is 5.52. The highest BCUT2D eigenvalue weighted by Gasteiger charge is 2.28. The average molecular weight is 254 g/mol. The lowest BCUT2D eigenvalue weighted by Gasteiger charge is -2.30. The zero-order chi connectivity index (χ0) is 12.8. The summed E-state index contributed by atoms with van der Waals surface area (Å²) >= 11 is 0. The van der Waals surface area contributed by atoms with E-state index in [1.54, 1.807) is 0 Å². The van der Waals surface area contributed by atoms with Crippen molar-refractivity contribution in [2.75, 3.05) is 17.2 Å². The van der Waals surface area contributed by atoms with E-state index in [0.29, 0.717) is 6.04 Å². The van der Waals surface area contributed by atoms with E-state index in [9.17, 15) is 0 Å². The van der Waals surface area contributed by atoms with Crippen molar-refractivity contribution in [3.05, 3.63) is 41.7 Å². The molecule has 0 unspecified atom stereocenters. The Kier molecular flexibility index (Phi) is 2.31. The minimum Gasteiger partial charge on any atom is -0.398 e. The molecule has 0 atom stereocenters. The van der Waals surface area contributed by atoms with E-state index in [2.05, 4.69) is 26.7 Å². The number of nitrogens with two attached hydrogens (primary N) is 1. The summed E-state index contributed by atoms with van der Waals surface area (Å²) in [4.78, 5) is 6.93. The van der Waals surface area contributed by atoms with E-state index in [0.717, 1.165) is 31.1 Å². The Morgan fingerprint density at radius 1 is 1.26 bits per heavy atom. The van der Waals surface area contributed by atoms with Gasteiger partial charge in [-0.15, -0.1) is 0 Å². The van der Waals surface area contributed by atoms with Gasteiger partial charge in [-0.3, -0.25) is 0 Å². The molecule has 1 aromatic heterocycles. The molecule has 4 nitrogen and oxygen atoms in total. The highest BCUT2D eigenvalue weighted by Crippen LogP contribution is 2.38. The van der Waals surface area contributed by atoms with Gasteiger partial charge in [-0.1, -0.05) is 12.1 Å². The van der Waals surface area contributed by atoms with Gasteiger partial charge in [0.15, 0.2) is 0 Å². The maximum Gasteiger partial charge on any atom is 0.206 e. The van der Waals surface area contributed by atoms with Crippen LogP contribution in [0.25, 0.3) is 0 Å². The van der Waals surface area contributed by atoms with Crippen molar-refractivity contribution in [3.8, 4) is 0 Å². The predicted octanol–water partition coefficient (Wildman–Crippen LogP) is 2.36. The summed E-state index contributed by atoms with van der Waals surface area (Å²) in [5, 5.41) is 0. The van der Waals surface area contributed by atoms with Gasteiger partial charge in [0, 0.05) is 37.2 Å². The number of benzene rings is 1. The largest absolute Gasteiger partial charge is 0.398 e. The summed E-state index contributed by atoms with van der Waals surface area (Å²) in [6.07, 6.45) is 7.63. The summed E-state index contributed by atoms with van der Waals surface area (Å²) in [6, 6.07) is 6.91. The van der Waals surface area contributed by atoms with Gasteiger partial charge >= 0.3 is 0 Å². The van der Waals surface area contributed by atoms with Gasteiger partial charge in [-0.2, -0.15) is 0 Å². The van der Waals surface area contributed by atoms with Crippen molar-refractivity contribution in [1.82, 2.24) is 9.55 Å². The fourth-order valence-electron chi connectivity index (χ4n) is 3.00. The summed E-state index contributed by atoms with van der Waals surface area (Å²) in [5.41, 5.74) is 9.65. The van der Waals surface area contributed by atoms with Crippen LogP contribution in [-0.4, -0.2) is 16.1 Å². The first kappa shape index (κ1) is 10.9. The van der Waals surface area contributed by atoms with Crippen LogP contribution in [0, 0.1) is 0 Å². The number of nitrogen functional groups attached to an aromatic ring is 1. The fraction of sp³-hybridized carbons (Fsp3) is 0.400. The Bertz CT molecular complexity index is 612. The molecule has 1 aliphatic heterocycles. The Balaban J connectivity index is 1.66. The number of fused-ring (bicyclic) bond motifs is 1. The normalized spacial score (nSPS) is 18.4. The van der Waals surface area contributed by atoms with E-state index in [1.165, 1.54) is 24.0 Å². The molecule has 1 aromatic carbocycles. The molecule has 0 bridgehead atoms. The van der Waals surface area contributed by atoms with E-state index < -0.39 is 0 Å². The third-order valence-corrected chi connectivity index (χ3v) is 4.17. The van der Waals surface area contributed by atoms with E-state index in [1.807, 2.05) is 18.3 Å². The standard InChI is InChI=1S/C15H18N4/c16-14-3-1-2-11-10-18(8-6-13(11)14)15-17-7-9-19(15)12-4-5-12/h1-3,7,9,12H,4-6,8,10,16H2. The van der Waals surface area contributed by atoms with Crippen molar-refractivity contribution in [2.24, 2.45) is 0 Å². The smallest absolute Gasteiger partial charge is 0.206 e. The van der Waals surface area contributed by atoms with Crippen molar-refractivity contribution < 1.29 is 0 Å². The number of hydrogen-bond donors (Lipinski definition) is 1. The molecule has 0 radical (unpaired) electrons. The number of imidazole rings is 1. The number of hydrogen-bond acceptors (Lipinski definition) is 3. The molecule has 2 N–H and O–H groups in total. The molecular weight excluding hydrogens is 236 g/mol. The van der Waals surface area contributed by atoms with Crippen LogP contribution in [0.5, 0.6) is 0 Å². The Morgan fingerprint density at radius 3 is 3.00 bits per heavy atom. The zero-order valence-electron chi connectivity index (χ0n) is 10.9. The van der Waals surface area contributed by atoms with Crippen molar-refractivity contribution >= 4 is 11.6 Å². The average Bonchev–Trinajstić information content (AvgIpc) is 3.16. The molecule has 1 fully saturated rings. The van der Waals surface area contributed by atoms with E-state index >= 15 is 0 Å². The lowest BCUT2D eigenvalue weighted by Crippen LogP contribution is -2.32. The fourth-order valence-corrected chi connectivity index (χ4v) is 3.00. The zero-order valence-corrected chi connectivity index (χ0v) is 10.9. The van der Waals surface area contributed by atoms with Crippen LogP contribution in [0.15, 0.2) is 30.6 Å². The molecule has 1 aliphatic carbocycles. The van der Waals surface area contributed by atoms with Crippen LogP contribution in [-0.2, 0) is 13.0 Å². The number of aromatic nitrogens is 2. The summed E-state index contributed by atoms with van der Waals surface area (Å²) in [6.45, 7) is 1.93. The van der Waals surface area contributed by atoms with Gasteiger partial charge in [0.05, 0.1) is 0 Å². The maximum absolute atomic E-state index is 6.05. The SMILES string of the molecule is Nc1cccc2c1CCN(c1nccn1C1CC1)C2. The molecule has 0 amide bonds. The van der Waals surface area contributed by atoms with Gasteiger partial charge in [0.25, 0.3) is 0 Å². The third kappa shape index (κ3) is 1.79. The lowest BCUT2D eigenvalue weighted by molar-refractivity contribution is 0.654.